The Morgan fingerprint density at radius 3 is 2.50 bits per heavy atom. The zero-order valence-corrected chi connectivity index (χ0v) is 18.0. The molecule has 0 spiro atoms. The van der Waals surface area contributed by atoms with Crippen molar-refractivity contribution < 1.29 is 19.1 Å². The lowest BCUT2D eigenvalue weighted by atomic mass is 10.0. The van der Waals surface area contributed by atoms with Crippen molar-refractivity contribution in [2.45, 2.75) is 38.3 Å². The number of aliphatic hydroxyl groups excluding tert-OH is 1. The van der Waals surface area contributed by atoms with Gasteiger partial charge in [-0.25, -0.2) is 4.98 Å². The maximum atomic E-state index is 12.6. The highest BCUT2D eigenvalue weighted by Gasteiger charge is 2.24. The molecule has 32 heavy (non-hydrogen) atoms. The van der Waals surface area contributed by atoms with Crippen LogP contribution < -0.4 is 5.32 Å². The maximum Gasteiger partial charge on any atom is 0.275 e. The van der Waals surface area contributed by atoms with Gasteiger partial charge in [-0.3, -0.25) is 9.59 Å². The average molecular weight is 434 g/mol. The lowest BCUT2D eigenvalue weighted by Crippen LogP contribution is -2.40. The number of benzene rings is 2. The van der Waals surface area contributed by atoms with Crippen molar-refractivity contribution in [1.82, 2.24) is 15.2 Å². The molecule has 2 aromatic carbocycles. The van der Waals surface area contributed by atoms with Gasteiger partial charge in [-0.15, -0.1) is 0 Å². The molecule has 166 valence electrons. The van der Waals surface area contributed by atoms with Crippen LogP contribution in [0.25, 0.3) is 11.5 Å². The fraction of sp³-hybridized carbons (Fsp3) is 0.320. The Balaban J connectivity index is 1.34. The van der Waals surface area contributed by atoms with Crippen LogP contribution in [0.3, 0.4) is 0 Å². The number of aromatic nitrogens is 1. The summed E-state index contributed by atoms with van der Waals surface area (Å²) in [5.41, 5.74) is 2.96. The molecule has 0 bridgehead atoms. The SMILES string of the molecule is CC(C(=O)NCc1ccc(-c2nc(C(=O)N3CCC(O)CC3)co2)cc1)c1ccccc1. The number of aliphatic hydroxyl groups is 1. The summed E-state index contributed by atoms with van der Waals surface area (Å²) >= 11 is 0. The molecule has 1 fully saturated rings. The van der Waals surface area contributed by atoms with Crippen LogP contribution in [0.4, 0.5) is 0 Å². The first-order chi connectivity index (χ1) is 15.5. The molecule has 3 aromatic rings. The molecule has 0 radical (unpaired) electrons. The monoisotopic (exact) mass is 433 g/mol. The van der Waals surface area contributed by atoms with Crippen LogP contribution >= 0.6 is 0 Å². The zero-order valence-electron chi connectivity index (χ0n) is 18.0. The van der Waals surface area contributed by atoms with Crippen molar-refractivity contribution in [3.05, 3.63) is 77.7 Å². The number of nitrogens with one attached hydrogen (secondary N) is 1. The molecule has 1 saturated heterocycles. The molecule has 2 amide bonds. The van der Waals surface area contributed by atoms with Gasteiger partial charge in [-0.05, 0) is 43.0 Å². The lowest BCUT2D eigenvalue weighted by molar-refractivity contribution is -0.122. The van der Waals surface area contributed by atoms with Crippen LogP contribution in [-0.2, 0) is 11.3 Å². The first kappa shape index (κ1) is 21.8. The summed E-state index contributed by atoms with van der Waals surface area (Å²) in [5, 5.41) is 12.6. The molecule has 1 aromatic heterocycles. The third kappa shape index (κ3) is 5.06. The zero-order chi connectivity index (χ0) is 22.5. The van der Waals surface area contributed by atoms with E-state index < -0.39 is 0 Å². The molecule has 1 aliphatic heterocycles. The smallest absolute Gasteiger partial charge is 0.275 e. The molecule has 0 saturated carbocycles. The molecule has 0 aliphatic carbocycles. The highest BCUT2D eigenvalue weighted by atomic mass is 16.3. The van der Waals surface area contributed by atoms with E-state index in [0.29, 0.717) is 38.4 Å². The van der Waals surface area contributed by atoms with Gasteiger partial charge in [0, 0.05) is 25.2 Å². The predicted molar refractivity (Wildman–Crippen MR) is 120 cm³/mol. The van der Waals surface area contributed by atoms with Crippen LogP contribution in [-0.4, -0.2) is 46.0 Å². The van der Waals surface area contributed by atoms with E-state index >= 15 is 0 Å². The Bertz CT molecular complexity index is 1050. The minimum atomic E-state index is -0.336. The van der Waals surface area contributed by atoms with Crippen molar-refractivity contribution >= 4 is 11.8 Å². The number of amides is 2. The van der Waals surface area contributed by atoms with E-state index in [9.17, 15) is 14.7 Å². The second-order valence-electron chi connectivity index (χ2n) is 8.11. The number of hydrogen-bond donors (Lipinski definition) is 2. The number of oxazole rings is 1. The molecule has 7 nitrogen and oxygen atoms in total. The largest absolute Gasteiger partial charge is 0.444 e. The number of likely N-dealkylation sites (tertiary alicyclic amines) is 1. The summed E-state index contributed by atoms with van der Waals surface area (Å²) in [7, 11) is 0. The van der Waals surface area contributed by atoms with Gasteiger partial charge in [0.2, 0.25) is 11.8 Å². The standard InChI is InChI=1S/C25H27N3O4/c1-17(19-5-3-2-4-6-19)23(30)26-15-18-7-9-20(10-8-18)24-27-22(16-32-24)25(31)28-13-11-21(29)12-14-28/h2-10,16-17,21,29H,11-15H2,1H3,(H,26,30). The summed E-state index contributed by atoms with van der Waals surface area (Å²) < 4.78 is 5.52. The van der Waals surface area contributed by atoms with E-state index in [0.717, 1.165) is 16.7 Å². The van der Waals surface area contributed by atoms with Gasteiger partial charge < -0.3 is 19.7 Å². The van der Waals surface area contributed by atoms with E-state index in [4.69, 9.17) is 4.42 Å². The van der Waals surface area contributed by atoms with E-state index in [1.807, 2.05) is 61.5 Å². The van der Waals surface area contributed by atoms with Crippen LogP contribution in [0.5, 0.6) is 0 Å². The van der Waals surface area contributed by atoms with Crippen molar-refractivity contribution in [1.29, 1.82) is 0 Å². The van der Waals surface area contributed by atoms with E-state index in [2.05, 4.69) is 10.3 Å². The highest BCUT2D eigenvalue weighted by Crippen LogP contribution is 2.21. The Hall–Kier alpha value is -3.45. The second-order valence-corrected chi connectivity index (χ2v) is 8.11. The van der Waals surface area contributed by atoms with Crippen LogP contribution in [0, 0.1) is 0 Å². The minimum Gasteiger partial charge on any atom is -0.444 e. The molecular weight excluding hydrogens is 406 g/mol. The number of hydrogen-bond acceptors (Lipinski definition) is 5. The van der Waals surface area contributed by atoms with Gasteiger partial charge in [0.05, 0.1) is 12.0 Å². The number of rotatable bonds is 6. The Morgan fingerprint density at radius 1 is 1.12 bits per heavy atom. The van der Waals surface area contributed by atoms with Crippen LogP contribution in [0.15, 0.2) is 65.3 Å². The van der Waals surface area contributed by atoms with Gasteiger partial charge >= 0.3 is 0 Å². The normalized spacial score (nSPS) is 15.4. The molecule has 2 heterocycles. The molecule has 7 heteroatoms. The number of nitrogens with zero attached hydrogens (tertiary/aromatic N) is 2. The molecule has 2 N–H and O–H groups in total. The van der Waals surface area contributed by atoms with Gasteiger partial charge in [0.25, 0.3) is 5.91 Å². The van der Waals surface area contributed by atoms with Crippen molar-refractivity contribution in [3.8, 4) is 11.5 Å². The van der Waals surface area contributed by atoms with Gasteiger partial charge in [-0.1, -0.05) is 42.5 Å². The van der Waals surface area contributed by atoms with E-state index in [-0.39, 0.29) is 29.5 Å². The van der Waals surface area contributed by atoms with Gasteiger partial charge in [0.1, 0.15) is 6.26 Å². The fourth-order valence-electron chi connectivity index (χ4n) is 3.74. The summed E-state index contributed by atoms with van der Waals surface area (Å²) in [6.45, 7) is 3.35. The topological polar surface area (TPSA) is 95.7 Å². The minimum absolute atomic E-state index is 0.0265. The third-order valence-corrected chi connectivity index (χ3v) is 5.84. The number of piperidine rings is 1. The Labute approximate surface area is 187 Å². The van der Waals surface area contributed by atoms with E-state index in [1.165, 1.54) is 6.26 Å². The number of carbonyl (C=O) groups is 2. The fourth-order valence-corrected chi connectivity index (χ4v) is 3.74. The second kappa shape index (κ2) is 9.78. The molecule has 1 aliphatic rings. The van der Waals surface area contributed by atoms with Gasteiger partial charge in [0.15, 0.2) is 5.69 Å². The Morgan fingerprint density at radius 2 is 1.81 bits per heavy atom. The quantitative estimate of drug-likeness (QED) is 0.622. The molecule has 1 unspecified atom stereocenters. The molecule has 1 atom stereocenters. The van der Waals surface area contributed by atoms with Gasteiger partial charge in [-0.2, -0.15) is 0 Å². The van der Waals surface area contributed by atoms with E-state index in [1.54, 1.807) is 4.90 Å². The lowest BCUT2D eigenvalue weighted by Gasteiger charge is -2.28. The molecule has 4 rings (SSSR count). The van der Waals surface area contributed by atoms with Crippen LogP contribution in [0.1, 0.15) is 47.3 Å². The first-order valence-corrected chi connectivity index (χ1v) is 10.9. The summed E-state index contributed by atoms with van der Waals surface area (Å²) in [6, 6.07) is 17.2. The highest BCUT2D eigenvalue weighted by molar-refractivity contribution is 5.92. The Kier molecular flexibility index (Phi) is 6.66. The van der Waals surface area contributed by atoms with Crippen molar-refractivity contribution in [2.75, 3.05) is 13.1 Å². The third-order valence-electron chi connectivity index (χ3n) is 5.84. The number of carbonyl (C=O) groups excluding carboxylic acids is 2. The summed E-state index contributed by atoms with van der Waals surface area (Å²) in [4.78, 5) is 31.1. The van der Waals surface area contributed by atoms with Crippen molar-refractivity contribution in [3.63, 3.8) is 0 Å². The first-order valence-electron chi connectivity index (χ1n) is 10.9. The maximum absolute atomic E-state index is 12.6. The van der Waals surface area contributed by atoms with Crippen LogP contribution in [0.2, 0.25) is 0 Å². The average Bonchev–Trinajstić information content (AvgIpc) is 3.33. The summed E-state index contributed by atoms with van der Waals surface area (Å²) in [6.07, 6.45) is 2.20. The van der Waals surface area contributed by atoms with Crippen molar-refractivity contribution in [2.24, 2.45) is 0 Å². The summed E-state index contributed by atoms with van der Waals surface area (Å²) in [5.74, 6) is -0.0549. The predicted octanol–water partition coefficient (Wildman–Crippen LogP) is 3.36. The molecular formula is C25H27N3O4.